The molecule has 0 aliphatic rings. The zero-order valence-corrected chi connectivity index (χ0v) is 11.2. The fraction of sp³-hybridized carbons (Fsp3) is 0.400. The normalized spacial score (nSPS) is 11.4. The van der Waals surface area contributed by atoms with Crippen LogP contribution in [0.2, 0.25) is 0 Å². The lowest BCUT2D eigenvalue weighted by Gasteiger charge is -2.07. The zero-order valence-electron chi connectivity index (χ0n) is 8.83. The van der Waals surface area contributed by atoms with Crippen molar-refractivity contribution < 1.29 is 12.8 Å². The van der Waals surface area contributed by atoms with Gasteiger partial charge in [-0.3, -0.25) is 0 Å². The van der Waals surface area contributed by atoms with Crippen LogP contribution in [0.5, 0.6) is 0 Å². The number of benzene rings is 1. The summed E-state index contributed by atoms with van der Waals surface area (Å²) in [5.41, 5.74) is 0.314. The molecule has 0 fully saturated rings. The van der Waals surface area contributed by atoms with Gasteiger partial charge in [0.25, 0.3) is 0 Å². The third kappa shape index (κ3) is 4.09. The lowest BCUT2D eigenvalue weighted by molar-refractivity contribution is 0.597. The van der Waals surface area contributed by atoms with Gasteiger partial charge in [-0.25, -0.2) is 12.8 Å². The lowest BCUT2D eigenvalue weighted by Crippen LogP contribution is -2.17. The number of hydrogen-bond acceptors (Lipinski definition) is 3. The number of hydrogen-bond donors (Lipinski definition) is 1. The fourth-order valence-electron chi connectivity index (χ4n) is 1.12. The Labute approximate surface area is 103 Å². The molecule has 0 spiro atoms. The van der Waals surface area contributed by atoms with Gasteiger partial charge in [-0.15, -0.1) is 0 Å². The van der Waals surface area contributed by atoms with Crippen molar-refractivity contribution >= 4 is 31.5 Å². The molecule has 0 aromatic heterocycles. The van der Waals surface area contributed by atoms with Crippen molar-refractivity contribution in [2.45, 2.75) is 6.92 Å². The highest BCUT2D eigenvalue weighted by Crippen LogP contribution is 2.18. The highest BCUT2D eigenvalue weighted by Gasteiger charge is 2.07. The summed E-state index contributed by atoms with van der Waals surface area (Å²) in [6.07, 6.45) is 0. The molecule has 0 heterocycles. The average Bonchev–Trinajstić information content (AvgIpc) is 2.21. The molecule has 3 nitrogen and oxygen atoms in total. The van der Waals surface area contributed by atoms with Crippen molar-refractivity contribution in [3.8, 4) is 0 Å². The molecule has 0 aliphatic carbocycles. The van der Waals surface area contributed by atoms with Crippen LogP contribution < -0.4 is 5.32 Å². The summed E-state index contributed by atoms with van der Waals surface area (Å²) in [4.78, 5) is 0. The Morgan fingerprint density at radius 1 is 1.44 bits per heavy atom. The van der Waals surface area contributed by atoms with E-state index in [0.29, 0.717) is 10.2 Å². The third-order valence-corrected chi connectivity index (χ3v) is 4.30. The summed E-state index contributed by atoms with van der Waals surface area (Å²) in [5.74, 6) is -0.278. The van der Waals surface area contributed by atoms with Crippen LogP contribution >= 0.6 is 15.9 Å². The summed E-state index contributed by atoms with van der Waals surface area (Å²) in [5, 5.41) is 2.76. The summed E-state index contributed by atoms with van der Waals surface area (Å²) < 4.78 is 36.3. The maximum atomic E-state index is 13.3. The lowest BCUT2D eigenvalue weighted by atomic mass is 10.3. The van der Waals surface area contributed by atoms with Crippen LogP contribution in [0, 0.1) is 5.82 Å². The van der Waals surface area contributed by atoms with Gasteiger partial charge in [-0.1, -0.05) is 22.9 Å². The van der Waals surface area contributed by atoms with E-state index in [-0.39, 0.29) is 18.1 Å². The highest BCUT2D eigenvalue weighted by molar-refractivity contribution is 9.10. The third-order valence-electron chi connectivity index (χ3n) is 2.10. The average molecular weight is 310 g/mol. The Bertz CT molecular complexity index is 462. The van der Waals surface area contributed by atoms with Crippen LogP contribution in [0.15, 0.2) is 22.7 Å². The smallest absolute Gasteiger partial charge is 0.151 e. The Morgan fingerprint density at radius 3 is 2.69 bits per heavy atom. The summed E-state index contributed by atoms with van der Waals surface area (Å²) in [6, 6.07) is 4.59. The molecular formula is C10H13BrFNO2S. The largest absolute Gasteiger partial charge is 0.382 e. The van der Waals surface area contributed by atoms with Gasteiger partial charge in [0.1, 0.15) is 5.82 Å². The number of nitrogens with one attached hydrogen (secondary N) is 1. The summed E-state index contributed by atoms with van der Waals surface area (Å²) >= 11 is 3.14. The first-order chi connectivity index (χ1) is 7.44. The van der Waals surface area contributed by atoms with E-state index in [4.69, 9.17) is 0 Å². The SMILES string of the molecule is CCS(=O)(=O)CCNc1ccc(Br)cc1F. The van der Waals surface area contributed by atoms with E-state index >= 15 is 0 Å². The molecule has 1 rings (SSSR count). The molecule has 90 valence electrons. The molecule has 0 saturated heterocycles. The number of anilines is 1. The van der Waals surface area contributed by atoms with Gasteiger partial charge in [-0.2, -0.15) is 0 Å². The van der Waals surface area contributed by atoms with E-state index in [0.717, 1.165) is 0 Å². The second kappa shape index (κ2) is 5.63. The first-order valence-electron chi connectivity index (χ1n) is 4.84. The predicted octanol–water partition coefficient (Wildman–Crippen LogP) is 2.43. The molecule has 0 radical (unpaired) electrons. The Kier molecular flexibility index (Phi) is 4.73. The van der Waals surface area contributed by atoms with Crippen LogP contribution in [0.1, 0.15) is 6.92 Å². The number of rotatable bonds is 5. The van der Waals surface area contributed by atoms with E-state index in [1.54, 1.807) is 19.1 Å². The molecule has 0 amide bonds. The van der Waals surface area contributed by atoms with Crippen LogP contribution in [-0.4, -0.2) is 26.5 Å². The molecule has 6 heteroatoms. The fourth-order valence-corrected chi connectivity index (χ4v) is 2.15. The summed E-state index contributed by atoms with van der Waals surface area (Å²) in [6.45, 7) is 1.81. The molecule has 0 saturated carbocycles. The van der Waals surface area contributed by atoms with Gasteiger partial charge in [0, 0.05) is 16.8 Å². The molecular weight excluding hydrogens is 297 g/mol. The second-order valence-corrected chi connectivity index (χ2v) is 6.68. The van der Waals surface area contributed by atoms with Gasteiger partial charge in [-0.05, 0) is 18.2 Å². The molecule has 0 unspecified atom stereocenters. The quantitative estimate of drug-likeness (QED) is 0.908. The van der Waals surface area contributed by atoms with Gasteiger partial charge in [0.2, 0.25) is 0 Å². The van der Waals surface area contributed by atoms with E-state index in [1.165, 1.54) is 6.07 Å². The van der Waals surface area contributed by atoms with Gasteiger partial charge in [0.05, 0.1) is 11.4 Å². The monoisotopic (exact) mass is 309 g/mol. The number of sulfone groups is 1. The predicted molar refractivity (Wildman–Crippen MR) is 66.9 cm³/mol. The van der Waals surface area contributed by atoms with E-state index in [2.05, 4.69) is 21.2 Å². The van der Waals surface area contributed by atoms with Gasteiger partial charge < -0.3 is 5.32 Å². The van der Waals surface area contributed by atoms with Gasteiger partial charge in [0.15, 0.2) is 9.84 Å². The standard InChI is InChI=1S/C10H13BrFNO2S/c1-2-16(14,15)6-5-13-10-4-3-8(11)7-9(10)12/h3-4,7,13H,2,5-6H2,1H3. The second-order valence-electron chi connectivity index (χ2n) is 3.29. The molecule has 0 aliphatic heterocycles. The maximum Gasteiger partial charge on any atom is 0.151 e. The molecule has 1 N–H and O–H groups in total. The topological polar surface area (TPSA) is 46.2 Å². The minimum atomic E-state index is -3.00. The van der Waals surface area contributed by atoms with Crippen molar-refractivity contribution in [3.05, 3.63) is 28.5 Å². The molecule has 16 heavy (non-hydrogen) atoms. The molecule has 1 aromatic carbocycles. The Balaban J connectivity index is 2.56. The summed E-state index contributed by atoms with van der Waals surface area (Å²) in [7, 11) is -3.00. The molecule has 1 aromatic rings. The van der Waals surface area contributed by atoms with Crippen LogP contribution in [0.4, 0.5) is 10.1 Å². The van der Waals surface area contributed by atoms with Crippen molar-refractivity contribution in [2.24, 2.45) is 0 Å². The van der Waals surface area contributed by atoms with E-state index < -0.39 is 15.7 Å². The van der Waals surface area contributed by atoms with Crippen molar-refractivity contribution in [1.82, 2.24) is 0 Å². The van der Waals surface area contributed by atoms with Crippen LogP contribution in [-0.2, 0) is 9.84 Å². The first-order valence-corrected chi connectivity index (χ1v) is 7.45. The maximum absolute atomic E-state index is 13.3. The first kappa shape index (κ1) is 13.4. The van der Waals surface area contributed by atoms with Crippen LogP contribution in [0.25, 0.3) is 0 Å². The van der Waals surface area contributed by atoms with E-state index in [1.807, 2.05) is 0 Å². The van der Waals surface area contributed by atoms with Crippen LogP contribution in [0.3, 0.4) is 0 Å². The highest BCUT2D eigenvalue weighted by atomic mass is 79.9. The van der Waals surface area contributed by atoms with Crippen molar-refractivity contribution in [1.29, 1.82) is 0 Å². The van der Waals surface area contributed by atoms with E-state index in [9.17, 15) is 12.8 Å². The minimum absolute atomic E-state index is 0.0129. The van der Waals surface area contributed by atoms with Crippen molar-refractivity contribution in [3.63, 3.8) is 0 Å². The Morgan fingerprint density at radius 2 is 2.12 bits per heavy atom. The number of halogens is 2. The Hall–Kier alpha value is -0.620. The van der Waals surface area contributed by atoms with Crippen molar-refractivity contribution in [2.75, 3.05) is 23.4 Å². The zero-order chi connectivity index (χ0) is 12.2. The minimum Gasteiger partial charge on any atom is -0.382 e. The molecule has 0 atom stereocenters. The molecule has 0 bridgehead atoms. The van der Waals surface area contributed by atoms with Gasteiger partial charge >= 0.3 is 0 Å².